The molecule has 0 aliphatic carbocycles. The van der Waals surface area contributed by atoms with Gasteiger partial charge in [-0.3, -0.25) is 9.35 Å². The lowest BCUT2D eigenvalue weighted by atomic mass is 10.2. The largest absolute Gasteiger partial charge is 0.481 e. The number of rotatable bonds is 13. The summed E-state index contributed by atoms with van der Waals surface area (Å²) >= 11 is 0. The summed E-state index contributed by atoms with van der Waals surface area (Å²) in [7, 11) is -2.08. The molecule has 0 spiro atoms. The number of carbonyl (C=O) groups is 1. The first-order valence-corrected chi connectivity index (χ1v) is 11.7. The minimum atomic E-state index is -3.93. The van der Waals surface area contributed by atoms with Crippen LogP contribution in [0.4, 0.5) is 17.1 Å². The lowest BCUT2D eigenvalue weighted by molar-refractivity contribution is -0.697. The molecular formula is C21H29N4O5S+. The molecule has 10 heteroatoms. The number of aryl methyl sites for hydroxylation is 1. The van der Waals surface area contributed by atoms with Gasteiger partial charge in [-0.25, -0.2) is 4.57 Å². The number of nitrogens with zero attached hydrogens (tertiary/aromatic N) is 4. The molecule has 31 heavy (non-hydrogen) atoms. The zero-order chi connectivity index (χ0) is 22.7. The molecule has 1 aromatic heterocycles. The van der Waals surface area contributed by atoms with E-state index in [1.54, 1.807) is 0 Å². The van der Waals surface area contributed by atoms with Crippen LogP contribution in [0.3, 0.4) is 0 Å². The van der Waals surface area contributed by atoms with Gasteiger partial charge in [0.15, 0.2) is 12.4 Å². The second kappa shape index (κ2) is 12.1. The minimum absolute atomic E-state index is 0.218. The lowest BCUT2D eigenvalue weighted by Gasteiger charge is -2.18. The minimum Gasteiger partial charge on any atom is -0.481 e. The fourth-order valence-corrected chi connectivity index (χ4v) is 3.41. The zero-order valence-corrected chi connectivity index (χ0v) is 18.4. The Balaban J connectivity index is 1.80. The highest BCUT2D eigenvalue weighted by Crippen LogP contribution is 2.21. The van der Waals surface area contributed by atoms with Crippen molar-refractivity contribution in [1.29, 1.82) is 0 Å². The topological polar surface area (TPSA) is 124 Å². The maximum Gasteiger partial charge on any atom is 0.303 e. The smallest absolute Gasteiger partial charge is 0.303 e. The van der Waals surface area contributed by atoms with Crippen LogP contribution in [0.2, 0.25) is 0 Å². The molecule has 0 saturated carbocycles. The molecule has 1 aromatic carbocycles. The fraction of sp³-hybridized carbons (Fsp3) is 0.429. The number of aromatic nitrogens is 1. The van der Waals surface area contributed by atoms with Crippen LogP contribution in [-0.2, 0) is 21.5 Å². The summed E-state index contributed by atoms with van der Waals surface area (Å²) in [5.74, 6) is -1.01. The number of carboxylic acid groups (broad SMARTS) is 1. The van der Waals surface area contributed by atoms with Crippen molar-refractivity contribution in [2.24, 2.45) is 10.2 Å². The summed E-state index contributed by atoms with van der Waals surface area (Å²) in [6.07, 6.45) is 6.91. The zero-order valence-electron chi connectivity index (χ0n) is 17.6. The molecule has 2 rings (SSSR count). The SMILES string of the molecule is CN(CCCS(=O)(=O)O)c1ccc(N=Nc2cc[n+](CCCCCC(=O)O)cc2)cc1. The Labute approximate surface area is 182 Å². The molecule has 9 nitrogen and oxygen atoms in total. The summed E-state index contributed by atoms with van der Waals surface area (Å²) < 4.78 is 32.4. The second-order valence-corrected chi connectivity index (χ2v) is 8.85. The van der Waals surface area contributed by atoms with E-state index in [0.717, 1.165) is 30.8 Å². The Bertz CT molecular complexity index is 960. The summed E-state index contributed by atoms with van der Waals surface area (Å²) in [5, 5.41) is 17.1. The van der Waals surface area contributed by atoms with E-state index < -0.39 is 16.1 Å². The summed E-state index contributed by atoms with van der Waals surface area (Å²) in [6.45, 7) is 1.33. The van der Waals surface area contributed by atoms with E-state index in [9.17, 15) is 13.2 Å². The summed E-state index contributed by atoms with van der Waals surface area (Å²) in [6, 6.07) is 11.2. The van der Waals surface area contributed by atoms with Crippen molar-refractivity contribution in [3.63, 3.8) is 0 Å². The third-order valence-electron chi connectivity index (χ3n) is 4.65. The van der Waals surface area contributed by atoms with Crippen molar-refractivity contribution in [1.82, 2.24) is 0 Å². The molecule has 0 saturated heterocycles. The molecule has 168 valence electrons. The maximum atomic E-state index is 10.8. The fourth-order valence-electron chi connectivity index (χ4n) is 2.92. The molecular weight excluding hydrogens is 420 g/mol. The number of unbranched alkanes of at least 4 members (excludes halogenated alkanes) is 2. The molecule has 0 aliphatic heterocycles. The number of pyridine rings is 1. The average Bonchev–Trinajstić information content (AvgIpc) is 2.72. The van der Waals surface area contributed by atoms with Crippen molar-refractivity contribution >= 4 is 33.1 Å². The molecule has 1 heterocycles. The van der Waals surface area contributed by atoms with Crippen LogP contribution in [-0.4, -0.2) is 43.4 Å². The highest BCUT2D eigenvalue weighted by atomic mass is 32.2. The van der Waals surface area contributed by atoms with Crippen molar-refractivity contribution in [2.45, 2.75) is 38.6 Å². The second-order valence-electron chi connectivity index (χ2n) is 7.28. The molecule has 2 N–H and O–H groups in total. The quantitative estimate of drug-likeness (QED) is 0.208. The predicted molar refractivity (Wildman–Crippen MR) is 118 cm³/mol. The van der Waals surface area contributed by atoms with Crippen LogP contribution in [0.5, 0.6) is 0 Å². The monoisotopic (exact) mass is 449 g/mol. The van der Waals surface area contributed by atoms with E-state index in [-0.39, 0.29) is 12.2 Å². The van der Waals surface area contributed by atoms with Gasteiger partial charge in [0, 0.05) is 44.3 Å². The first kappa shape index (κ1) is 24.4. The van der Waals surface area contributed by atoms with Gasteiger partial charge in [0.2, 0.25) is 0 Å². The van der Waals surface area contributed by atoms with Crippen molar-refractivity contribution in [3.8, 4) is 0 Å². The van der Waals surface area contributed by atoms with E-state index in [1.165, 1.54) is 0 Å². The molecule has 2 aromatic rings. The average molecular weight is 450 g/mol. The Morgan fingerprint density at radius 2 is 1.58 bits per heavy atom. The Morgan fingerprint density at radius 1 is 0.968 bits per heavy atom. The lowest BCUT2D eigenvalue weighted by Crippen LogP contribution is -2.32. The molecule has 0 radical (unpaired) electrons. The normalized spacial score (nSPS) is 11.7. The highest BCUT2D eigenvalue weighted by molar-refractivity contribution is 7.85. The van der Waals surface area contributed by atoms with Gasteiger partial charge in [-0.2, -0.15) is 18.6 Å². The molecule has 0 amide bonds. The molecule has 0 unspecified atom stereocenters. The third kappa shape index (κ3) is 10.1. The van der Waals surface area contributed by atoms with Gasteiger partial charge >= 0.3 is 5.97 Å². The standard InChI is InChI=1S/C21H28N4O5S/c1-24(13-5-17-31(28,29)30)20-9-7-18(8-10-20)22-23-19-11-15-25(16-12-19)14-4-2-3-6-21(26)27/h7-12,15-16H,2-6,13-14,17H2,1H3,(H-,26,27,28,29,30)/p+1. The van der Waals surface area contributed by atoms with Crippen LogP contribution in [0, 0.1) is 0 Å². The molecule has 0 bridgehead atoms. The van der Waals surface area contributed by atoms with Crippen LogP contribution in [0.25, 0.3) is 0 Å². The van der Waals surface area contributed by atoms with Crippen molar-refractivity contribution in [2.75, 3.05) is 24.2 Å². The Hall–Kier alpha value is -2.85. The van der Waals surface area contributed by atoms with E-state index in [0.29, 0.717) is 25.1 Å². The third-order valence-corrected chi connectivity index (χ3v) is 5.45. The maximum absolute atomic E-state index is 10.8. The van der Waals surface area contributed by atoms with Gasteiger partial charge in [0.25, 0.3) is 10.1 Å². The number of benzene rings is 1. The van der Waals surface area contributed by atoms with Crippen LogP contribution in [0.1, 0.15) is 32.1 Å². The van der Waals surface area contributed by atoms with Crippen molar-refractivity contribution < 1.29 is 27.4 Å². The first-order chi connectivity index (χ1) is 14.7. The summed E-state index contributed by atoms with van der Waals surface area (Å²) in [5.41, 5.74) is 2.34. The predicted octanol–water partition coefficient (Wildman–Crippen LogP) is 3.75. The molecule has 0 fully saturated rings. The van der Waals surface area contributed by atoms with Gasteiger partial charge in [0.1, 0.15) is 6.54 Å². The van der Waals surface area contributed by atoms with Gasteiger partial charge in [0.05, 0.1) is 17.1 Å². The van der Waals surface area contributed by atoms with Gasteiger partial charge in [-0.15, -0.1) is 0 Å². The van der Waals surface area contributed by atoms with Crippen molar-refractivity contribution in [3.05, 3.63) is 48.8 Å². The highest BCUT2D eigenvalue weighted by Gasteiger charge is 2.07. The molecule has 0 aliphatic rings. The van der Waals surface area contributed by atoms with Gasteiger partial charge in [-0.05, 0) is 43.5 Å². The van der Waals surface area contributed by atoms with Gasteiger partial charge < -0.3 is 10.0 Å². The van der Waals surface area contributed by atoms with Crippen LogP contribution >= 0.6 is 0 Å². The first-order valence-electron chi connectivity index (χ1n) is 10.1. The summed E-state index contributed by atoms with van der Waals surface area (Å²) in [4.78, 5) is 12.4. The number of hydrogen-bond acceptors (Lipinski definition) is 6. The van der Waals surface area contributed by atoms with E-state index in [1.807, 2.05) is 65.3 Å². The van der Waals surface area contributed by atoms with E-state index >= 15 is 0 Å². The van der Waals surface area contributed by atoms with Crippen LogP contribution in [0.15, 0.2) is 59.0 Å². The number of anilines is 1. The number of hydrogen-bond donors (Lipinski definition) is 2. The molecule has 0 atom stereocenters. The van der Waals surface area contributed by atoms with Crippen LogP contribution < -0.4 is 9.47 Å². The Morgan fingerprint density at radius 3 is 2.16 bits per heavy atom. The van der Waals surface area contributed by atoms with E-state index in [4.69, 9.17) is 9.66 Å². The number of azo groups is 1. The Kier molecular flexibility index (Phi) is 9.54. The van der Waals surface area contributed by atoms with Gasteiger partial charge in [-0.1, -0.05) is 0 Å². The number of aliphatic carboxylic acids is 1. The number of carboxylic acids is 1. The van der Waals surface area contributed by atoms with E-state index in [2.05, 4.69) is 10.2 Å².